The van der Waals surface area contributed by atoms with Gasteiger partial charge < -0.3 is 9.84 Å². The zero-order chi connectivity index (χ0) is 12.6. The van der Waals surface area contributed by atoms with Gasteiger partial charge in [0, 0.05) is 6.54 Å². The highest BCUT2D eigenvalue weighted by molar-refractivity contribution is 7.88. The molecule has 0 rings (SSSR count). The Morgan fingerprint density at radius 2 is 2.06 bits per heavy atom. The van der Waals surface area contributed by atoms with E-state index < -0.39 is 22.4 Å². The summed E-state index contributed by atoms with van der Waals surface area (Å²) in [5.41, 5.74) is 0. The third-order valence-electron chi connectivity index (χ3n) is 1.62. The number of nitrogens with one attached hydrogen (secondary N) is 2. The Kier molecular flexibility index (Phi) is 7.02. The molecule has 0 aliphatic carbocycles. The van der Waals surface area contributed by atoms with Gasteiger partial charge in [-0.25, -0.2) is 9.52 Å². The van der Waals surface area contributed by atoms with Gasteiger partial charge in [-0.3, -0.25) is 0 Å². The number of aliphatic hydroxyl groups is 1. The lowest BCUT2D eigenvalue weighted by molar-refractivity contribution is 0.157. The molecule has 96 valence electrons. The second-order valence-electron chi connectivity index (χ2n) is 3.12. The van der Waals surface area contributed by atoms with Gasteiger partial charge in [0.05, 0.1) is 12.7 Å². The van der Waals surface area contributed by atoms with Crippen molar-refractivity contribution in [2.75, 3.05) is 13.2 Å². The number of hydrogen-bond acceptors (Lipinski definition) is 5. The molecule has 0 aromatic carbocycles. The summed E-state index contributed by atoms with van der Waals surface area (Å²) < 4.78 is 30.5. The second-order valence-corrected chi connectivity index (χ2v) is 4.62. The molecule has 0 saturated heterocycles. The van der Waals surface area contributed by atoms with E-state index in [0.29, 0.717) is 6.42 Å². The number of amides is 1. The number of ether oxygens (including phenoxy) is 1. The van der Waals surface area contributed by atoms with Crippen molar-refractivity contribution in [3.05, 3.63) is 0 Å². The molecule has 0 aliphatic rings. The van der Waals surface area contributed by atoms with E-state index in [1.165, 1.54) is 0 Å². The van der Waals surface area contributed by atoms with E-state index in [0.717, 1.165) is 6.42 Å². The summed E-state index contributed by atoms with van der Waals surface area (Å²) in [6.45, 7) is 3.38. The van der Waals surface area contributed by atoms with Crippen molar-refractivity contribution in [3.63, 3.8) is 0 Å². The average molecular weight is 254 g/mol. The Morgan fingerprint density at radius 1 is 1.44 bits per heavy atom. The van der Waals surface area contributed by atoms with Crippen LogP contribution in [-0.4, -0.2) is 38.9 Å². The van der Waals surface area contributed by atoms with E-state index in [1.54, 1.807) is 11.6 Å². The molecule has 3 N–H and O–H groups in total. The fourth-order valence-corrected chi connectivity index (χ4v) is 1.71. The molecule has 16 heavy (non-hydrogen) atoms. The van der Waals surface area contributed by atoms with Crippen LogP contribution in [0, 0.1) is 0 Å². The van der Waals surface area contributed by atoms with E-state index in [-0.39, 0.29) is 13.2 Å². The highest BCUT2D eigenvalue weighted by Crippen LogP contribution is 1.94. The van der Waals surface area contributed by atoms with Gasteiger partial charge in [0.2, 0.25) is 0 Å². The maximum absolute atomic E-state index is 11.2. The molecule has 8 heteroatoms. The topological polar surface area (TPSA) is 105 Å². The minimum Gasteiger partial charge on any atom is -0.449 e. The van der Waals surface area contributed by atoms with Crippen LogP contribution < -0.4 is 9.44 Å². The minimum atomic E-state index is -3.95. The third-order valence-corrected chi connectivity index (χ3v) is 2.61. The van der Waals surface area contributed by atoms with E-state index in [4.69, 9.17) is 0 Å². The van der Waals surface area contributed by atoms with Crippen LogP contribution in [0.15, 0.2) is 0 Å². The number of aliphatic hydroxyl groups excluding tert-OH is 1. The van der Waals surface area contributed by atoms with E-state index in [1.807, 2.05) is 11.6 Å². The summed E-state index contributed by atoms with van der Waals surface area (Å²) in [5.74, 6) is 0. The van der Waals surface area contributed by atoms with E-state index in [2.05, 4.69) is 4.74 Å². The van der Waals surface area contributed by atoms with E-state index >= 15 is 0 Å². The maximum Gasteiger partial charge on any atom is 0.421 e. The summed E-state index contributed by atoms with van der Waals surface area (Å²) >= 11 is 0. The fourth-order valence-electron chi connectivity index (χ4n) is 0.948. The van der Waals surface area contributed by atoms with Gasteiger partial charge in [-0.1, -0.05) is 13.3 Å². The first-order chi connectivity index (χ1) is 7.41. The Bertz CT molecular complexity index is 304. The van der Waals surface area contributed by atoms with Crippen LogP contribution in [0.5, 0.6) is 0 Å². The van der Waals surface area contributed by atoms with Gasteiger partial charge >= 0.3 is 16.3 Å². The molecular formula is C8H18N2O5S. The van der Waals surface area contributed by atoms with Gasteiger partial charge in [0.15, 0.2) is 0 Å². The number of hydrogen-bond donors (Lipinski definition) is 3. The highest BCUT2D eigenvalue weighted by Gasteiger charge is 2.15. The SMILES string of the molecule is CCCC(O)CNS(=O)(=O)NC(=O)OCC. The first-order valence-electron chi connectivity index (χ1n) is 5.03. The number of rotatable bonds is 7. The zero-order valence-electron chi connectivity index (χ0n) is 9.39. The Balaban J connectivity index is 4.01. The van der Waals surface area contributed by atoms with Crippen molar-refractivity contribution in [2.45, 2.75) is 32.8 Å². The molecule has 0 radical (unpaired) electrons. The maximum atomic E-state index is 11.2. The van der Waals surface area contributed by atoms with Crippen molar-refractivity contribution in [2.24, 2.45) is 0 Å². The molecular weight excluding hydrogens is 236 g/mol. The molecule has 1 unspecified atom stereocenters. The van der Waals surface area contributed by atoms with Gasteiger partial charge in [-0.15, -0.1) is 0 Å². The number of carbonyl (C=O) groups excluding carboxylic acids is 1. The molecule has 0 heterocycles. The molecule has 0 fully saturated rings. The lowest BCUT2D eigenvalue weighted by Gasteiger charge is -2.11. The number of carbonyl (C=O) groups is 1. The van der Waals surface area contributed by atoms with Gasteiger partial charge in [0.1, 0.15) is 0 Å². The lowest BCUT2D eigenvalue weighted by atomic mass is 10.2. The van der Waals surface area contributed by atoms with Crippen LogP contribution in [0.4, 0.5) is 4.79 Å². The smallest absolute Gasteiger partial charge is 0.421 e. The predicted molar refractivity (Wildman–Crippen MR) is 58.0 cm³/mol. The molecule has 0 bridgehead atoms. The quantitative estimate of drug-likeness (QED) is 0.580. The Labute approximate surface area is 95.4 Å². The summed E-state index contributed by atoms with van der Waals surface area (Å²) in [7, 11) is -3.95. The van der Waals surface area contributed by atoms with Crippen molar-refractivity contribution < 1.29 is 23.1 Å². The van der Waals surface area contributed by atoms with Crippen molar-refractivity contribution in [1.82, 2.24) is 9.44 Å². The highest BCUT2D eigenvalue weighted by atomic mass is 32.2. The van der Waals surface area contributed by atoms with Crippen LogP contribution >= 0.6 is 0 Å². The Morgan fingerprint density at radius 3 is 2.56 bits per heavy atom. The molecule has 0 aromatic rings. The molecule has 7 nitrogen and oxygen atoms in total. The van der Waals surface area contributed by atoms with Crippen LogP contribution in [0.3, 0.4) is 0 Å². The molecule has 0 aliphatic heterocycles. The normalized spacial score (nSPS) is 13.2. The predicted octanol–water partition coefficient (Wildman–Crippen LogP) is -0.272. The standard InChI is InChI=1S/C8H18N2O5S/c1-3-5-7(11)6-9-16(13,14)10-8(12)15-4-2/h7,9,11H,3-6H2,1-2H3,(H,10,12). The molecule has 0 spiro atoms. The first kappa shape index (κ1) is 15.1. The largest absolute Gasteiger partial charge is 0.449 e. The van der Waals surface area contributed by atoms with Crippen molar-refractivity contribution in [3.8, 4) is 0 Å². The monoisotopic (exact) mass is 254 g/mol. The van der Waals surface area contributed by atoms with Crippen molar-refractivity contribution in [1.29, 1.82) is 0 Å². The molecule has 1 atom stereocenters. The summed E-state index contributed by atoms with van der Waals surface area (Å²) in [6.07, 6.45) is -0.570. The third kappa shape index (κ3) is 7.43. The van der Waals surface area contributed by atoms with Gasteiger partial charge in [0.25, 0.3) is 0 Å². The average Bonchev–Trinajstić information content (AvgIpc) is 2.15. The van der Waals surface area contributed by atoms with Gasteiger partial charge in [-0.2, -0.15) is 13.1 Å². The molecule has 1 amide bonds. The summed E-state index contributed by atoms with van der Waals surface area (Å²) in [6, 6.07) is 0. The first-order valence-corrected chi connectivity index (χ1v) is 6.51. The fraction of sp³-hybridized carbons (Fsp3) is 0.875. The second kappa shape index (κ2) is 7.42. The summed E-state index contributed by atoms with van der Waals surface area (Å²) in [5, 5.41) is 9.28. The van der Waals surface area contributed by atoms with Gasteiger partial charge in [-0.05, 0) is 13.3 Å². The van der Waals surface area contributed by atoms with E-state index in [9.17, 15) is 18.3 Å². The van der Waals surface area contributed by atoms with Crippen molar-refractivity contribution >= 4 is 16.3 Å². The Hall–Kier alpha value is -0.860. The van der Waals surface area contributed by atoms with Crippen LogP contribution in [-0.2, 0) is 14.9 Å². The lowest BCUT2D eigenvalue weighted by Crippen LogP contribution is -2.43. The van der Waals surface area contributed by atoms with Crippen LogP contribution in [0.2, 0.25) is 0 Å². The minimum absolute atomic E-state index is 0.0831. The molecule has 0 saturated carbocycles. The zero-order valence-corrected chi connectivity index (χ0v) is 10.2. The van der Waals surface area contributed by atoms with Crippen LogP contribution in [0.25, 0.3) is 0 Å². The molecule has 0 aromatic heterocycles. The summed E-state index contributed by atoms with van der Waals surface area (Å²) in [4.78, 5) is 10.8. The van der Waals surface area contributed by atoms with Crippen LogP contribution in [0.1, 0.15) is 26.7 Å².